The highest BCUT2D eigenvalue weighted by Crippen LogP contribution is 2.41. The van der Waals surface area contributed by atoms with Gasteiger partial charge in [-0.2, -0.15) is 0 Å². The van der Waals surface area contributed by atoms with Crippen LogP contribution in [0.25, 0.3) is 0 Å². The fourth-order valence-corrected chi connectivity index (χ4v) is 4.22. The van der Waals surface area contributed by atoms with Gasteiger partial charge in [0.2, 0.25) is 11.8 Å². The Bertz CT molecular complexity index is 590. The minimum Gasteiger partial charge on any atom is -0.347 e. The summed E-state index contributed by atoms with van der Waals surface area (Å²) in [6.45, 7) is 2.64. The molecular weight excluding hydrogens is 302 g/mol. The zero-order valence-electron chi connectivity index (χ0n) is 14.6. The summed E-state index contributed by atoms with van der Waals surface area (Å²) in [6, 6.07) is 11.0. The number of hydrogen-bond donors (Lipinski definition) is 1. The molecule has 0 aromatic heterocycles. The molecule has 2 amide bonds. The van der Waals surface area contributed by atoms with E-state index in [1.807, 2.05) is 18.2 Å². The Balaban J connectivity index is 1.88. The molecule has 2 aliphatic heterocycles. The third kappa shape index (κ3) is 3.46. The van der Waals surface area contributed by atoms with Crippen LogP contribution >= 0.6 is 0 Å². The summed E-state index contributed by atoms with van der Waals surface area (Å²) in [5, 5.41) is 2.67. The van der Waals surface area contributed by atoms with Crippen LogP contribution in [0, 0.1) is 0 Å². The fourth-order valence-electron chi connectivity index (χ4n) is 4.22. The van der Waals surface area contributed by atoms with Crippen molar-refractivity contribution in [2.24, 2.45) is 0 Å². The Hall–Kier alpha value is -1.88. The van der Waals surface area contributed by atoms with Crippen molar-refractivity contribution >= 4 is 11.8 Å². The van der Waals surface area contributed by atoms with Gasteiger partial charge in [0.25, 0.3) is 0 Å². The first-order valence-corrected chi connectivity index (χ1v) is 8.88. The Kier molecular flexibility index (Phi) is 5.19. The molecule has 2 fully saturated rings. The number of nitrogens with one attached hydrogen (secondary N) is 1. The Labute approximate surface area is 144 Å². The predicted molar refractivity (Wildman–Crippen MR) is 93.4 cm³/mol. The lowest BCUT2D eigenvalue weighted by molar-refractivity contribution is -0.135. The summed E-state index contributed by atoms with van der Waals surface area (Å²) in [7, 11) is 2.17. The smallest absolute Gasteiger partial charge is 0.242 e. The summed E-state index contributed by atoms with van der Waals surface area (Å²) in [4.78, 5) is 28.6. The van der Waals surface area contributed by atoms with Gasteiger partial charge in [-0.15, -0.1) is 0 Å². The molecule has 5 nitrogen and oxygen atoms in total. The summed E-state index contributed by atoms with van der Waals surface area (Å²) in [5.74, 6) is -0.129. The minimum absolute atomic E-state index is 0.0295. The lowest BCUT2D eigenvalue weighted by Gasteiger charge is -2.33. The highest BCUT2D eigenvalue weighted by atomic mass is 16.2. The quantitative estimate of drug-likeness (QED) is 0.922. The van der Waals surface area contributed by atoms with Crippen molar-refractivity contribution in [3.63, 3.8) is 0 Å². The summed E-state index contributed by atoms with van der Waals surface area (Å²) in [6.07, 6.45) is 4.35. The summed E-state index contributed by atoms with van der Waals surface area (Å²) < 4.78 is 0. The Morgan fingerprint density at radius 1 is 1.17 bits per heavy atom. The number of fused-ring (bicyclic) bond motifs is 1. The number of rotatable bonds is 3. The zero-order chi connectivity index (χ0) is 17.1. The molecule has 0 saturated carbocycles. The van der Waals surface area contributed by atoms with E-state index in [1.165, 1.54) is 18.9 Å². The van der Waals surface area contributed by atoms with Crippen LogP contribution in [-0.2, 0) is 9.59 Å². The molecule has 0 radical (unpaired) electrons. The van der Waals surface area contributed by atoms with Crippen molar-refractivity contribution in [1.82, 2.24) is 15.1 Å². The number of likely N-dealkylation sites (N-methyl/N-ethyl adjacent to an activating group) is 1. The molecule has 3 atom stereocenters. The molecule has 0 unspecified atom stereocenters. The van der Waals surface area contributed by atoms with Gasteiger partial charge in [-0.1, -0.05) is 36.8 Å². The lowest BCUT2D eigenvalue weighted by Crippen LogP contribution is -2.47. The van der Waals surface area contributed by atoms with E-state index in [2.05, 4.69) is 34.3 Å². The van der Waals surface area contributed by atoms with Crippen LogP contribution in [0.1, 0.15) is 44.2 Å². The zero-order valence-corrected chi connectivity index (χ0v) is 14.6. The van der Waals surface area contributed by atoms with Crippen LogP contribution in [0.5, 0.6) is 0 Å². The number of carbonyl (C=O) groups excluding carboxylic acids is 2. The van der Waals surface area contributed by atoms with Gasteiger partial charge < -0.3 is 15.1 Å². The van der Waals surface area contributed by atoms with Crippen molar-refractivity contribution < 1.29 is 9.59 Å². The van der Waals surface area contributed by atoms with E-state index in [0.717, 1.165) is 25.8 Å². The molecule has 0 spiro atoms. The molecular formula is C19H27N3O2. The molecule has 5 heteroatoms. The van der Waals surface area contributed by atoms with E-state index in [9.17, 15) is 9.59 Å². The van der Waals surface area contributed by atoms with Gasteiger partial charge in [-0.05, 0) is 38.4 Å². The van der Waals surface area contributed by atoms with E-state index in [-0.39, 0.29) is 30.4 Å². The van der Waals surface area contributed by atoms with Crippen molar-refractivity contribution in [3.8, 4) is 0 Å². The first-order valence-electron chi connectivity index (χ1n) is 8.88. The number of benzene rings is 1. The third-order valence-electron chi connectivity index (χ3n) is 5.39. The maximum atomic E-state index is 12.9. The minimum atomic E-state index is -0.159. The standard InChI is InChI=1S/C19H27N3O2/c1-14(23)20-13-19(24)22-16-10-6-7-11-21(2)18(16)12-17(22)15-8-4-3-5-9-15/h3-5,8-9,16-18H,6-7,10-13H2,1-2H3,(H,20,23)/t16-,17-,18+/m0/s1. The largest absolute Gasteiger partial charge is 0.347 e. The van der Waals surface area contributed by atoms with E-state index in [0.29, 0.717) is 6.04 Å². The molecule has 3 rings (SSSR count). The maximum absolute atomic E-state index is 12.9. The number of likely N-dealkylation sites (tertiary alicyclic amines) is 2. The highest BCUT2D eigenvalue weighted by molar-refractivity contribution is 5.84. The number of amides is 2. The van der Waals surface area contributed by atoms with Crippen LogP contribution in [-0.4, -0.2) is 53.8 Å². The third-order valence-corrected chi connectivity index (χ3v) is 5.39. The molecule has 1 aromatic carbocycles. The molecule has 2 saturated heterocycles. The average molecular weight is 329 g/mol. The predicted octanol–water partition coefficient (Wildman–Crippen LogP) is 1.95. The molecule has 24 heavy (non-hydrogen) atoms. The molecule has 1 N–H and O–H groups in total. The average Bonchev–Trinajstić information content (AvgIpc) is 2.87. The normalized spacial score (nSPS) is 27.4. The van der Waals surface area contributed by atoms with Gasteiger partial charge in [-0.3, -0.25) is 9.59 Å². The first-order chi connectivity index (χ1) is 11.6. The molecule has 0 aliphatic carbocycles. The van der Waals surface area contributed by atoms with E-state index < -0.39 is 0 Å². The van der Waals surface area contributed by atoms with Crippen molar-refractivity contribution in [2.75, 3.05) is 20.1 Å². The van der Waals surface area contributed by atoms with Gasteiger partial charge in [0, 0.05) is 19.0 Å². The van der Waals surface area contributed by atoms with E-state index in [4.69, 9.17) is 0 Å². The van der Waals surface area contributed by atoms with Crippen molar-refractivity contribution in [3.05, 3.63) is 35.9 Å². The monoisotopic (exact) mass is 329 g/mol. The van der Waals surface area contributed by atoms with E-state index in [1.54, 1.807) is 0 Å². The number of nitrogens with zero attached hydrogens (tertiary/aromatic N) is 2. The Morgan fingerprint density at radius 3 is 2.62 bits per heavy atom. The number of hydrogen-bond acceptors (Lipinski definition) is 3. The van der Waals surface area contributed by atoms with Gasteiger partial charge in [0.15, 0.2) is 0 Å². The second-order valence-corrected chi connectivity index (χ2v) is 6.98. The van der Waals surface area contributed by atoms with Gasteiger partial charge in [0.05, 0.1) is 12.6 Å². The van der Waals surface area contributed by atoms with E-state index >= 15 is 0 Å². The Morgan fingerprint density at radius 2 is 1.92 bits per heavy atom. The van der Waals surface area contributed by atoms with Gasteiger partial charge in [-0.25, -0.2) is 0 Å². The number of carbonyl (C=O) groups is 2. The second-order valence-electron chi connectivity index (χ2n) is 6.98. The van der Waals surface area contributed by atoms with Gasteiger partial charge >= 0.3 is 0 Å². The van der Waals surface area contributed by atoms with Crippen LogP contribution in [0.2, 0.25) is 0 Å². The second kappa shape index (κ2) is 7.34. The topological polar surface area (TPSA) is 52.7 Å². The molecule has 2 heterocycles. The van der Waals surface area contributed by atoms with Crippen LogP contribution in [0.15, 0.2) is 30.3 Å². The van der Waals surface area contributed by atoms with Crippen LogP contribution in [0.3, 0.4) is 0 Å². The fraction of sp³-hybridized carbons (Fsp3) is 0.579. The molecule has 0 bridgehead atoms. The van der Waals surface area contributed by atoms with Crippen molar-refractivity contribution in [1.29, 1.82) is 0 Å². The van der Waals surface area contributed by atoms with Crippen molar-refractivity contribution in [2.45, 2.75) is 50.7 Å². The highest BCUT2D eigenvalue weighted by Gasteiger charge is 2.45. The van der Waals surface area contributed by atoms with Crippen LogP contribution in [0.4, 0.5) is 0 Å². The summed E-state index contributed by atoms with van der Waals surface area (Å²) in [5.41, 5.74) is 1.19. The molecule has 2 aliphatic rings. The van der Waals surface area contributed by atoms with Gasteiger partial charge in [0.1, 0.15) is 0 Å². The van der Waals surface area contributed by atoms with Crippen LogP contribution < -0.4 is 5.32 Å². The lowest BCUT2D eigenvalue weighted by atomic mass is 10.0. The summed E-state index contributed by atoms with van der Waals surface area (Å²) >= 11 is 0. The SMILES string of the molecule is CC(=O)NCC(=O)N1[C@H](c2ccccc2)C[C@@H]2[C@@H]1CCCCN2C. The molecule has 1 aromatic rings. The maximum Gasteiger partial charge on any atom is 0.242 e. The molecule has 130 valence electrons. The first kappa shape index (κ1) is 17.0.